The van der Waals surface area contributed by atoms with E-state index in [1.807, 2.05) is 6.07 Å². The Labute approximate surface area is 98.7 Å². The first-order chi connectivity index (χ1) is 7.84. The van der Waals surface area contributed by atoms with E-state index in [9.17, 15) is 0 Å². The minimum atomic E-state index is 0.974. The van der Waals surface area contributed by atoms with E-state index in [-0.39, 0.29) is 0 Å². The van der Waals surface area contributed by atoms with Gasteiger partial charge in [-0.2, -0.15) is 0 Å². The molecule has 1 aliphatic carbocycles. The van der Waals surface area contributed by atoms with Crippen LogP contribution in [0.4, 0.5) is 5.69 Å². The van der Waals surface area contributed by atoms with Gasteiger partial charge in [0.25, 0.3) is 0 Å². The summed E-state index contributed by atoms with van der Waals surface area (Å²) in [5.74, 6) is 0.974. The highest BCUT2D eigenvalue weighted by Crippen LogP contribution is 2.26. The normalized spacial score (nSPS) is 16.1. The van der Waals surface area contributed by atoms with Gasteiger partial charge in [-0.25, -0.2) is 0 Å². The second-order valence-corrected chi connectivity index (χ2v) is 4.85. The van der Waals surface area contributed by atoms with E-state index >= 15 is 0 Å². The number of hydrogen-bond donors (Lipinski definition) is 1. The summed E-state index contributed by atoms with van der Waals surface area (Å²) >= 11 is 0. The van der Waals surface area contributed by atoms with Crippen LogP contribution in [0.1, 0.15) is 19.3 Å². The Morgan fingerprint density at radius 2 is 2.00 bits per heavy atom. The molecule has 2 nitrogen and oxygen atoms in total. The fourth-order valence-electron chi connectivity index (χ4n) is 2.15. The highest BCUT2D eigenvalue weighted by molar-refractivity contribution is 5.42. The minimum Gasteiger partial charge on any atom is -0.384 e. The summed E-state index contributed by atoms with van der Waals surface area (Å²) in [5, 5.41) is 3.44. The van der Waals surface area contributed by atoms with Crippen LogP contribution < -0.4 is 5.32 Å². The number of likely N-dealkylation sites (N-methyl/N-ethyl adjacent to an activating group) is 1. The molecular weight excluding hydrogens is 196 g/mol. The van der Waals surface area contributed by atoms with Crippen LogP contribution in [-0.2, 0) is 0 Å². The molecule has 0 amide bonds. The van der Waals surface area contributed by atoms with Crippen molar-refractivity contribution in [2.45, 2.75) is 19.3 Å². The molecule has 0 spiro atoms. The van der Waals surface area contributed by atoms with E-state index in [1.54, 1.807) is 0 Å². The Balaban J connectivity index is 1.60. The molecule has 1 saturated carbocycles. The number of hydrogen-bond acceptors (Lipinski definition) is 2. The molecule has 0 aromatic heterocycles. The van der Waals surface area contributed by atoms with Gasteiger partial charge in [0.2, 0.25) is 0 Å². The molecule has 1 aromatic rings. The topological polar surface area (TPSA) is 15.3 Å². The lowest BCUT2D eigenvalue weighted by molar-refractivity contribution is 0.210. The Kier molecular flexibility index (Phi) is 4.23. The summed E-state index contributed by atoms with van der Waals surface area (Å²) in [6.07, 6.45) is 4.33. The van der Waals surface area contributed by atoms with Crippen LogP contribution in [0.2, 0.25) is 0 Å². The van der Waals surface area contributed by atoms with Gasteiger partial charge in [-0.15, -0.1) is 0 Å². The van der Waals surface area contributed by atoms with Gasteiger partial charge >= 0.3 is 0 Å². The standard InChI is InChI=1S/C14H22N2/c1-16(12-13-6-5-7-13)11-10-15-14-8-3-2-4-9-14/h2-4,8-9,13,15H,5-7,10-12H2,1H3. The van der Waals surface area contributed by atoms with Gasteiger partial charge in [0.1, 0.15) is 0 Å². The van der Waals surface area contributed by atoms with E-state index in [1.165, 1.54) is 31.5 Å². The predicted molar refractivity (Wildman–Crippen MR) is 69.8 cm³/mol. The molecule has 1 aliphatic rings. The summed E-state index contributed by atoms with van der Waals surface area (Å²) < 4.78 is 0. The molecule has 1 N–H and O–H groups in total. The molecule has 0 atom stereocenters. The van der Waals surface area contributed by atoms with Crippen molar-refractivity contribution in [3.8, 4) is 0 Å². The minimum absolute atomic E-state index is 0.974. The van der Waals surface area contributed by atoms with Crippen molar-refractivity contribution in [1.29, 1.82) is 0 Å². The van der Waals surface area contributed by atoms with Gasteiger partial charge in [-0.05, 0) is 37.9 Å². The van der Waals surface area contributed by atoms with Crippen molar-refractivity contribution in [3.63, 3.8) is 0 Å². The Morgan fingerprint density at radius 3 is 2.62 bits per heavy atom. The smallest absolute Gasteiger partial charge is 0.0340 e. The fourth-order valence-corrected chi connectivity index (χ4v) is 2.15. The monoisotopic (exact) mass is 218 g/mol. The molecule has 0 heterocycles. The maximum atomic E-state index is 3.44. The zero-order valence-corrected chi connectivity index (χ0v) is 10.2. The van der Waals surface area contributed by atoms with Crippen molar-refractivity contribution in [1.82, 2.24) is 4.90 Å². The summed E-state index contributed by atoms with van der Waals surface area (Å²) in [4.78, 5) is 2.44. The lowest BCUT2D eigenvalue weighted by Crippen LogP contribution is -2.32. The molecule has 0 aliphatic heterocycles. The van der Waals surface area contributed by atoms with E-state index in [2.05, 4.69) is 41.5 Å². The highest BCUT2D eigenvalue weighted by atomic mass is 15.1. The molecular formula is C14H22N2. The van der Waals surface area contributed by atoms with Crippen molar-refractivity contribution < 1.29 is 0 Å². The average Bonchev–Trinajstić information content (AvgIpc) is 2.25. The first-order valence-electron chi connectivity index (χ1n) is 6.32. The maximum Gasteiger partial charge on any atom is 0.0340 e. The molecule has 1 aromatic carbocycles. The first kappa shape index (κ1) is 11.5. The highest BCUT2D eigenvalue weighted by Gasteiger charge is 2.18. The van der Waals surface area contributed by atoms with E-state index in [0.717, 1.165) is 19.0 Å². The fraction of sp³-hybridized carbons (Fsp3) is 0.571. The van der Waals surface area contributed by atoms with Crippen LogP contribution in [0.3, 0.4) is 0 Å². The molecule has 0 radical (unpaired) electrons. The van der Waals surface area contributed by atoms with Gasteiger partial charge in [-0.3, -0.25) is 0 Å². The van der Waals surface area contributed by atoms with Crippen LogP contribution in [0.5, 0.6) is 0 Å². The van der Waals surface area contributed by atoms with Gasteiger partial charge in [0, 0.05) is 25.3 Å². The third kappa shape index (κ3) is 3.53. The number of nitrogens with one attached hydrogen (secondary N) is 1. The molecule has 0 unspecified atom stereocenters. The molecule has 88 valence electrons. The Bertz CT molecular complexity index is 293. The zero-order valence-electron chi connectivity index (χ0n) is 10.2. The number of rotatable bonds is 6. The van der Waals surface area contributed by atoms with E-state index in [0.29, 0.717) is 0 Å². The van der Waals surface area contributed by atoms with Crippen molar-refractivity contribution in [3.05, 3.63) is 30.3 Å². The summed E-state index contributed by atoms with van der Waals surface area (Å²) in [5.41, 5.74) is 1.22. The number of para-hydroxylation sites is 1. The van der Waals surface area contributed by atoms with Gasteiger partial charge < -0.3 is 10.2 Å². The first-order valence-corrected chi connectivity index (χ1v) is 6.32. The van der Waals surface area contributed by atoms with Gasteiger partial charge in [-0.1, -0.05) is 24.6 Å². The van der Waals surface area contributed by atoms with Crippen molar-refractivity contribution in [2.75, 3.05) is 32.0 Å². The number of benzene rings is 1. The maximum absolute atomic E-state index is 3.44. The van der Waals surface area contributed by atoms with Crippen molar-refractivity contribution >= 4 is 5.69 Å². The summed E-state index contributed by atoms with van der Waals surface area (Å²) in [7, 11) is 2.23. The number of nitrogens with zero attached hydrogens (tertiary/aromatic N) is 1. The largest absolute Gasteiger partial charge is 0.384 e. The Hall–Kier alpha value is -1.02. The third-order valence-corrected chi connectivity index (χ3v) is 3.39. The molecule has 2 heteroatoms. The second-order valence-electron chi connectivity index (χ2n) is 4.85. The molecule has 0 saturated heterocycles. The summed E-state index contributed by atoms with van der Waals surface area (Å²) in [6, 6.07) is 10.4. The van der Waals surface area contributed by atoms with Crippen LogP contribution in [0.15, 0.2) is 30.3 Å². The SMILES string of the molecule is CN(CCNc1ccccc1)CC1CCC1. The lowest BCUT2D eigenvalue weighted by Gasteiger charge is -2.30. The molecule has 0 bridgehead atoms. The van der Waals surface area contributed by atoms with Crippen molar-refractivity contribution in [2.24, 2.45) is 5.92 Å². The molecule has 16 heavy (non-hydrogen) atoms. The second kappa shape index (κ2) is 5.90. The number of anilines is 1. The van der Waals surface area contributed by atoms with Crippen LogP contribution >= 0.6 is 0 Å². The zero-order chi connectivity index (χ0) is 11.2. The third-order valence-electron chi connectivity index (χ3n) is 3.39. The van der Waals surface area contributed by atoms with E-state index in [4.69, 9.17) is 0 Å². The van der Waals surface area contributed by atoms with Crippen LogP contribution in [0.25, 0.3) is 0 Å². The van der Waals surface area contributed by atoms with Crippen LogP contribution in [-0.4, -0.2) is 31.6 Å². The quantitative estimate of drug-likeness (QED) is 0.790. The average molecular weight is 218 g/mol. The van der Waals surface area contributed by atoms with Crippen LogP contribution in [0, 0.1) is 5.92 Å². The molecule has 1 fully saturated rings. The summed E-state index contributed by atoms with van der Waals surface area (Å²) in [6.45, 7) is 3.44. The Morgan fingerprint density at radius 1 is 1.25 bits per heavy atom. The predicted octanol–water partition coefficient (Wildman–Crippen LogP) is 2.83. The van der Waals surface area contributed by atoms with E-state index < -0.39 is 0 Å². The van der Waals surface area contributed by atoms with Gasteiger partial charge in [0.05, 0.1) is 0 Å². The lowest BCUT2D eigenvalue weighted by atomic mass is 9.85. The molecule has 2 rings (SSSR count). The van der Waals surface area contributed by atoms with Gasteiger partial charge in [0.15, 0.2) is 0 Å².